The van der Waals surface area contributed by atoms with E-state index in [0.717, 1.165) is 25.6 Å². The Morgan fingerprint density at radius 3 is 2.92 bits per heavy atom. The molecule has 0 saturated carbocycles. The van der Waals surface area contributed by atoms with E-state index in [0.29, 0.717) is 0 Å². The van der Waals surface area contributed by atoms with Crippen LogP contribution in [0.4, 0.5) is 0 Å². The van der Waals surface area contributed by atoms with Gasteiger partial charge in [-0.2, -0.15) is 0 Å². The minimum absolute atomic E-state index is 0.779. The van der Waals surface area contributed by atoms with Crippen molar-refractivity contribution in [2.24, 2.45) is 5.92 Å². The summed E-state index contributed by atoms with van der Waals surface area (Å²) >= 11 is 0. The number of aromatic nitrogens is 3. The number of piperidine rings is 1. The van der Waals surface area contributed by atoms with Gasteiger partial charge < -0.3 is 5.32 Å². The average molecular weight is 180 g/mol. The molecule has 1 aromatic heterocycles. The van der Waals surface area contributed by atoms with Crippen LogP contribution in [0.1, 0.15) is 18.5 Å². The molecule has 0 aromatic carbocycles. The summed E-state index contributed by atoms with van der Waals surface area (Å²) in [4.78, 5) is 0. The van der Waals surface area contributed by atoms with Crippen molar-refractivity contribution in [3.63, 3.8) is 0 Å². The molecule has 2 heterocycles. The summed E-state index contributed by atoms with van der Waals surface area (Å²) in [5.41, 5.74) is 1.17. The minimum atomic E-state index is 0.779. The molecule has 4 heteroatoms. The highest BCUT2D eigenvalue weighted by Gasteiger charge is 2.14. The van der Waals surface area contributed by atoms with Crippen LogP contribution in [0.5, 0.6) is 0 Å². The molecule has 1 aromatic rings. The van der Waals surface area contributed by atoms with Gasteiger partial charge in [-0.15, -0.1) is 5.10 Å². The fraction of sp³-hybridized carbons (Fsp3) is 0.778. The number of nitrogens with one attached hydrogen (secondary N) is 1. The summed E-state index contributed by atoms with van der Waals surface area (Å²) in [5.74, 6) is 0.779. The molecule has 0 atom stereocenters. The maximum absolute atomic E-state index is 4.06. The van der Waals surface area contributed by atoms with Crippen molar-refractivity contribution in [2.45, 2.75) is 26.3 Å². The van der Waals surface area contributed by atoms with E-state index in [2.05, 4.69) is 22.6 Å². The van der Waals surface area contributed by atoms with Crippen LogP contribution in [0.3, 0.4) is 0 Å². The highest BCUT2D eigenvalue weighted by molar-refractivity contribution is 4.89. The minimum Gasteiger partial charge on any atom is -0.317 e. The van der Waals surface area contributed by atoms with Crippen LogP contribution in [0.2, 0.25) is 0 Å². The topological polar surface area (TPSA) is 42.7 Å². The predicted molar refractivity (Wildman–Crippen MR) is 50.4 cm³/mol. The number of aryl methyl sites for hydroxylation is 1. The third kappa shape index (κ3) is 2.06. The van der Waals surface area contributed by atoms with Gasteiger partial charge >= 0.3 is 0 Å². The SMILES string of the molecule is Cc1cnnn1CC1CCNCC1. The highest BCUT2D eigenvalue weighted by Crippen LogP contribution is 2.14. The van der Waals surface area contributed by atoms with Crippen molar-refractivity contribution < 1.29 is 0 Å². The molecule has 0 bridgehead atoms. The predicted octanol–water partition coefficient (Wildman–Crippen LogP) is 0.586. The van der Waals surface area contributed by atoms with Crippen LogP contribution < -0.4 is 5.32 Å². The van der Waals surface area contributed by atoms with E-state index in [9.17, 15) is 0 Å². The van der Waals surface area contributed by atoms with E-state index in [-0.39, 0.29) is 0 Å². The Morgan fingerprint density at radius 2 is 2.31 bits per heavy atom. The third-order valence-electron chi connectivity index (χ3n) is 2.70. The van der Waals surface area contributed by atoms with Gasteiger partial charge in [0.2, 0.25) is 0 Å². The fourth-order valence-corrected chi connectivity index (χ4v) is 1.80. The average Bonchev–Trinajstić information content (AvgIpc) is 2.54. The molecule has 1 aliphatic heterocycles. The van der Waals surface area contributed by atoms with Crippen LogP contribution in [0, 0.1) is 12.8 Å². The summed E-state index contributed by atoms with van der Waals surface area (Å²) in [7, 11) is 0. The zero-order chi connectivity index (χ0) is 9.10. The molecule has 13 heavy (non-hydrogen) atoms. The fourth-order valence-electron chi connectivity index (χ4n) is 1.80. The number of nitrogens with zero attached hydrogens (tertiary/aromatic N) is 3. The Hall–Kier alpha value is -0.900. The Morgan fingerprint density at radius 1 is 1.54 bits per heavy atom. The maximum Gasteiger partial charge on any atom is 0.0722 e. The Labute approximate surface area is 78.3 Å². The molecule has 0 unspecified atom stereocenters. The second-order valence-corrected chi connectivity index (χ2v) is 3.75. The Bertz CT molecular complexity index is 262. The summed E-state index contributed by atoms with van der Waals surface area (Å²) in [6.07, 6.45) is 4.35. The molecular formula is C9H16N4. The zero-order valence-corrected chi connectivity index (χ0v) is 8.03. The van der Waals surface area contributed by atoms with E-state index in [4.69, 9.17) is 0 Å². The lowest BCUT2D eigenvalue weighted by atomic mass is 9.98. The first-order valence-electron chi connectivity index (χ1n) is 4.92. The Balaban J connectivity index is 1.93. The van der Waals surface area contributed by atoms with Gasteiger partial charge in [0.15, 0.2) is 0 Å². The molecule has 0 spiro atoms. The lowest BCUT2D eigenvalue weighted by Crippen LogP contribution is -2.30. The van der Waals surface area contributed by atoms with Crippen LogP contribution >= 0.6 is 0 Å². The van der Waals surface area contributed by atoms with Crippen LogP contribution in [-0.2, 0) is 6.54 Å². The lowest BCUT2D eigenvalue weighted by molar-refractivity contribution is 0.316. The van der Waals surface area contributed by atoms with E-state index < -0.39 is 0 Å². The van der Waals surface area contributed by atoms with Gasteiger partial charge in [-0.25, -0.2) is 4.68 Å². The normalized spacial score (nSPS) is 19.2. The van der Waals surface area contributed by atoms with Crippen molar-refractivity contribution in [1.29, 1.82) is 0 Å². The van der Waals surface area contributed by atoms with Crippen LogP contribution in [0.15, 0.2) is 6.20 Å². The molecule has 0 amide bonds. The summed E-state index contributed by atoms with van der Waals surface area (Å²) in [6, 6.07) is 0. The highest BCUT2D eigenvalue weighted by atomic mass is 15.4. The van der Waals surface area contributed by atoms with E-state index >= 15 is 0 Å². The summed E-state index contributed by atoms with van der Waals surface area (Å²) in [5, 5.41) is 11.3. The molecule has 2 rings (SSSR count). The standard InChI is InChI=1S/C9H16N4/c1-8-6-11-12-13(8)7-9-2-4-10-5-3-9/h6,9-10H,2-5,7H2,1H3. The molecule has 4 nitrogen and oxygen atoms in total. The molecule has 1 aliphatic rings. The van der Waals surface area contributed by atoms with Crippen molar-refractivity contribution in [3.05, 3.63) is 11.9 Å². The van der Waals surface area contributed by atoms with Crippen molar-refractivity contribution in [1.82, 2.24) is 20.3 Å². The number of hydrogen-bond acceptors (Lipinski definition) is 3. The first-order chi connectivity index (χ1) is 6.36. The van der Waals surface area contributed by atoms with Gasteiger partial charge in [-0.05, 0) is 38.8 Å². The summed E-state index contributed by atoms with van der Waals surface area (Å²) < 4.78 is 2.01. The lowest BCUT2D eigenvalue weighted by Gasteiger charge is -2.22. The summed E-state index contributed by atoms with van der Waals surface area (Å²) in [6.45, 7) is 5.39. The molecule has 0 radical (unpaired) electrons. The van der Waals surface area contributed by atoms with Gasteiger partial charge in [0.25, 0.3) is 0 Å². The zero-order valence-electron chi connectivity index (χ0n) is 8.03. The van der Waals surface area contributed by atoms with Crippen molar-refractivity contribution in [2.75, 3.05) is 13.1 Å². The van der Waals surface area contributed by atoms with Crippen molar-refractivity contribution in [3.8, 4) is 0 Å². The van der Waals surface area contributed by atoms with E-state index in [1.807, 2.05) is 10.9 Å². The van der Waals surface area contributed by atoms with Crippen molar-refractivity contribution >= 4 is 0 Å². The van der Waals surface area contributed by atoms with Crippen LogP contribution in [-0.4, -0.2) is 28.1 Å². The Kier molecular flexibility index (Phi) is 2.59. The first-order valence-corrected chi connectivity index (χ1v) is 4.92. The largest absolute Gasteiger partial charge is 0.317 e. The maximum atomic E-state index is 4.06. The smallest absolute Gasteiger partial charge is 0.0722 e. The van der Waals surface area contributed by atoms with E-state index in [1.54, 1.807) is 0 Å². The third-order valence-corrected chi connectivity index (χ3v) is 2.70. The molecular weight excluding hydrogens is 164 g/mol. The van der Waals surface area contributed by atoms with Gasteiger partial charge in [0, 0.05) is 6.54 Å². The van der Waals surface area contributed by atoms with Gasteiger partial charge in [0.1, 0.15) is 0 Å². The second-order valence-electron chi connectivity index (χ2n) is 3.75. The second kappa shape index (κ2) is 3.87. The van der Waals surface area contributed by atoms with Gasteiger partial charge in [-0.3, -0.25) is 0 Å². The molecule has 0 aliphatic carbocycles. The molecule has 1 saturated heterocycles. The molecule has 72 valence electrons. The van der Waals surface area contributed by atoms with E-state index in [1.165, 1.54) is 18.5 Å². The number of hydrogen-bond donors (Lipinski definition) is 1. The van der Waals surface area contributed by atoms with Crippen LogP contribution in [0.25, 0.3) is 0 Å². The number of rotatable bonds is 2. The quantitative estimate of drug-likeness (QED) is 0.724. The molecule has 1 N–H and O–H groups in total. The van der Waals surface area contributed by atoms with Gasteiger partial charge in [0.05, 0.1) is 11.9 Å². The monoisotopic (exact) mass is 180 g/mol. The molecule has 1 fully saturated rings. The van der Waals surface area contributed by atoms with Gasteiger partial charge in [-0.1, -0.05) is 5.21 Å². The first kappa shape index (κ1) is 8.69.